The second-order valence-corrected chi connectivity index (χ2v) is 7.34. The fourth-order valence-electron chi connectivity index (χ4n) is 1.01. The molecule has 0 aliphatic heterocycles. The van der Waals surface area contributed by atoms with Gasteiger partial charge in [-0.2, -0.15) is 0 Å². The van der Waals surface area contributed by atoms with Crippen molar-refractivity contribution in [2.75, 3.05) is 10.7 Å². The monoisotopic (exact) mass is 431 g/mol. The van der Waals surface area contributed by atoms with Crippen LogP contribution in [0.5, 0.6) is 0 Å². The van der Waals surface area contributed by atoms with Crippen LogP contribution in [0.3, 0.4) is 0 Å². The number of halogens is 3. The third-order valence-corrected chi connectivity index (χ3v) is 6.70. The summed E-state index contributed by atoms with van der Waals surface area (Å²) in [6.45, 7) is 3.97. The summed E-state index contributed by atoms with van der Waals surface area (Å²) < 4.78 is 1.01. The van der Waals surface area contributed by atoms with Gasteiger partial charge in [0.1, 0.15) is 0 Å². The summed E-state index contributed by atoms with van der Waals surface area (Å²) in [5.41, 5.74) is 0.830. The number of alkyl halides is 2. The lowest BCUT2D eigenvalue weighted by molar-refractivity contribution is 0.0927. The van der Waals surface area contributed by atoms with E-state index >= 15 is 0 Å². The second kappa shape index (κ2) is 5.98. The maximum atomic E-state index is 12.0. The molecule has 0 aliphatic carbocycles. The van der Waals surface area contributed by atoms with Crippen LogP contribution >= 0.6 is 59.1 Å². The molecule has 0 aromatic carbocycles. The number of carbonyl (C=O) groups excluding carboxylic acids is 1. The van der Waals surface area contributed by atoms with E-state index in [-0.39, 0.29) is 11.4 Å². The molecule has 0 saturated heterocycles. The number of aryl methyl sites for hydroxylation is 1. The summed E-state index contributed by atoms with van der Waals surface area (Å²) >= 11 is 11.7. The molecule has 0 unspecified atom stereocenters. The molecule has 1 N–H and O–H groups in total. The lowest BCUT2D eigenvalue weighted by Crippen LogP contribution is -2.48. The molecule has 1 heterocycles. The first-order valence-electron chi connectivity index (χ1n) is 4.62. The van der Waals surface area contributed by atoms with Gasteiger partial charge in [0.25, 0.3) is 5.91 Å². The van der Waals surface area contributed by atoms with Crippen LogP contribution in [0.2, 0.25) is 0 Å². The maximum Gasteiger partial charge on any atom is 0.261 e. The van der Waals surface area contributed by atoms with Crippen LogP contribution in [0, 0.1) is 6.92 Å². The smallest absolute Gasteiger partial charge is 0.261 e. The van der Waals surface area contributed by atoms with E-state index in [0.717, 1.165) is 14.2 Å². The van der Waals surface area contributed by atoms with Crippen molar-refractivity contribution in [2.24, 2.45) is 0 Å². The van der Waals surface area contributed by atoms with Crippen LogP contribution in [0.1, 0.15) is 22.2 Å². The zero-order chi connectivity index (χ0) is 12.3. The summed E-state index contributed by atoms with van der Waals surface area (Å²) in [5, 5.41) is 4.43. The Bertz CT molecular complexity index is 368. The van der Waals surface area contributed by atoms with Gasteiger partial charge in [0.2, 0.25) is 0 Å². The van der Waals surface area contributed by atoms with Crippen molar-refractivity contribution < 1.29 is 4.79 Å². The molecule has 1 amide bonds. The number of hydrogen-bond acceptors (Lipinski definition) is 2. The van der Waals surface area contributed by atoms with Crippen LogP contribution in [-0.2, 0) is 0 Å². The first-order chi connectivity index (χ1) is 7.41. The Morgan fingerprint density at radius 3 is 2.44 bits per heavy atom. The molecule has 1 aromatic heterocycles. The Morgan fingerprint density at radius 1 is 1.50 bits per heavy atom. The second-order valence-electron chi connectivity index (χ2n) is 3.85. The molecule has 1 rings (SSSR count). The number of hydrogen-bond donors (Lipinski definition) is 1. The fraction of sp³-hybridized carbons (Fsp3) is 0.500. The minimum atomic E-state index is -0.262. The first kappa shape index (κ1) is 14.7. The molecule has 0 fully saturated rings. The van der Waals surface area contributed by atoms with E-state index < -0.39 is 0 Å². The van der Waals surface area contributed by atoms with Gasteiger partial charge in [0.15, 0.2) is 0 Å². The van der Waals surface area contributed by atoms with Gasteiger partial charge >= 0.3 is 0 Å². The lowest BCUT2D eigenvalue weighted by atomic mass is 10.1. The quantitative estimate of drug-likeness (QED) is 0.712. The van der Waals surface area contributed by atoms with E-state index in [1.54, 1.807) is 0 Å². The number of nitrogens with one attached hydrogen (secondary N) is 1. The van der Waals surface area contributed by atoms with E-state index in [1.807, 2.05) is 19.9 Å². The van der Waals surface area contributed by atoms with E-state index in [4.69, 9.17) is 0 Å². The van der Waals surface area contributed by atoms with E-state index in [0.29, 0.717) is 10.7 Å². The highest BCUT2D eigenvalue weighted by atomic mass is 79.9. The summed E-state index contributed by atoms with van der Waals surface area (Å²) in [6, 6.07) is 1.90. The predicted octanol–water partition coefficient (Wildman–Crippen LogP) is 4.10. The molecule has 0 radical (unpaired) electrons. The van der Waals surface area contributed by atoms with Gasteiger partial charge < -0.3 is 5.32 Å². The van der Waals surface area contributed by atoms with E-state index in [2.05, 4.69) is 53.1 Å². The van der Waals surface area contributed by atoms with Crippen LogP contribution in [0.25, 0.3) is 0 Å². The summed E-state index contributed by atoms with van der Waals surface area (Å²) in [5.74, 6) is -0.0276. The zero-order valence-corrected chi connectivity index (χ0v) is 14.5. The molecule has 2 nitrogen and oxygen atoms in total. The standard InChI is InChI=1S/C10H12Br3NOS/c1-6-3-7(16-8(6)13)9(15)14-10(2,4-11)5-12/h3H,4-5H2,1-2H3,(H,14,15). The molecular weight excluding hydrogens is 422 g/mol. The molecular formula is C10H12Br3NOS. The largest absolute Gasteiger partial charge is 0.344 e. The summed E-state index contributed by atoms with van der Waals surface area (Å²) in [6.07, 6.45) is 0. The Kier molecular flexibility index (Phi) is 5.48. The Morgan fingerprint density at radius 2 is 2.06 bits per heavy atom. The SMILES string of the molecule is Cc1cc(C(=O)NC(C)(CBr)CBr)sc1Br. The Balaban J connectivity index is 2.80. The number of rotatable bonds is 4. The van der Waals surface area contributed by atoms with Crippen molar-refractivity contribution >= 4 is 65.0 Å². The average molecular weight is 434 g/mol. The molecule has 16 heavy (non-hydrogen) atoms. The minimum absolute atomic E-state index is 0.0276. The van der Waals surface area contributed by atoms with Crippen molar-refractivity contribution in [1.29, 1.82) is 0 Å². The van der Waals surface area contributed by atoms with Gasteiger partial charge in [-0.3, -0.25) is 4.79 Å². The third-order valence-electron chi connectivity index (χ3n) is 2.09. The van der Waals surface area contributed by atoms with Gasteiger partial charge in [-0.05, 0) is 41.4 Å². The van der Waals surface area contributed by atoms with Crippen molar-refractivity contribution in [3.8, 4) is 0 Å². The summed E-state index contributed by atoms with van der Waals surface area (Å²) in [7, 11) is 0. The van der Waals surface area contributed by atoms with Crippen molar-refractivity contribution in [3.63, 3.8) is 0 Å². The number of amides is 1. The number of carbonyl (C=O) groups is 1. The van der Waals surface area contributed by atoms with Crippen molar-refractivity contribution in [2.45, 2.75) is 19.4 Å². The molecule has 0 bridgehead atoms. The van der Waals surface area contributed by atoms with E-state index in [9.17, 15) is 4.79 Å². The van der Waals surface area contributed by atoms with Crippen LogP contribution < -0.4 is 5.32 Å². The van der Waals surface area contributed by atoms with Crippen LogP contribution in [0.15, 0.2) is 9.85 Å². The number of thiophene rings is 1. The maximum absolute atomic E-state index is 12.0. The zero-order valence-electron chi connectivity index (χ0n) is 8.94. The minimum Gasteiger partial charge on any atom is -0.344 e. The predicted molar refractivity (Wildman–Crippen MR) is 80.2 cm³/mol. The van der Waals surface area contributed by atoms with E-state index in [1.165, 1.54) is 11.3 Å². The summed E-state index contributed by atoms with van der Waals surface area (Å²) in [4.78, 5) is 12.7. The molecule has 0 spiro atoms. The highest BCUT2D eigenvalue weighted by Gasteiger charge is 2.25. The molecule has 6 heteroatoms. The van der Waals surface area contributed by atoms with Gasteiger partial charge in [-0.1, -0.05) is 31.9 Å². The Hall–Kier alpha value is 0.610. The highest BCUT2D eigenvalue weighted by molar-refractivity contribution is 9.11. The molecule has 1 aromatic rings. The first-order valence-corrected chi connectivity index (χ1v) is 8.47. The van der Waals surface area contributed by atoms with Crippen LogP contribution in [-0.4, -0.2) is 22.1 Å². The molecule has 0 saturated carbocycles. The van der Waals surface area contributed by atoms with Gasteiger partial charge in [0.05, 0.1) is 14.2 Å². The van der Waals surface area contributed by atoms with Gasteiger partial charge in [-0.25, -0.2) is 0 Å². The normalized spacial score (nSPS) is 11.6. The van der Waals surface area contributed by atoms with Gasteiger partial charge in [-0.15, -0.1) is 11.3 Å². The lowest BCUT2D eigenvalue weighted by Gasteiger charge is -2.25. The Labute approximate surface area is 125 Å². The fourth-order valence-corrected chi connectivity index (χ4v) is 3.65. The topological polar surface area (TPSA) is 29.1 Å². The molecule has 0 atom stereocenters. The van der Waals surface area contributed by atoms with Crippen LogP contribution in [0.4, 0.5) is 0 Å². The third kappa shape index (κ3) is 3.55. The molecule has 0 aliphatic rings. The van der Waals surface area contributed by atoms with Gasteiger partial charge in [0, 0.05) is 10.7 Å². The highest BCUT2D eigenvalue weighted by Crippen LogP contribution is 2.27. The van der Waals surface area contributed by atoms with Crippen molar-refractivity contribution in [3.05, 3.63) is 20.3 Å². The van der Waals surface area contributed by atoms with Crippen molar-refractivity contribution in [1.82, 2.24) is 5.32 Å². The molecule has 90 valence electrons. The average Bonchev–Trinajstić information content (AvgIpc) is 2.59.